The predicted molar refractivity (Wildman–Crippen MR) is 79.1 cm³/mol. The zero-order chi connectivity index (χ0) is 13.1. The zero-order valence-corrected chi connectivity index (χ0v) is 11.2. The number of benzene rings is 2. The third-order valence-corrected chi connectivity index (χ3v) is 3.38. The first-order valence-corrected chi connectivity index (χ1v) is 6.22. The molecule has 0 aliphatic heterocycles. The van der Waals surface area contributed by atoms with Gasteiger partial charge in [0.25, 0.3) is 0 Å². The monoisotopic (exact) mass is 240 g/mol. The Hall–Kier alpha value is -1.96. The molecule has 0 spiro atoms. The fourth-order valence-corrected chi connectivity index (χ4v) is 2.17. The molecule has 0 radical (unpaired) electrons. The van der Waals surface area contributed by atoms with Crippen molar-refractivity contribution in [3.8, 4) is 0 Å². The Morgan fingerprint density at radius 1 is 0.944 bits per heavy atom. The van der Waals surface area contributed by atoms with Crippen molar-refractivity contribution in [3.63, 3.8) is 0 Å². The van der Waals surface area contributed by atoms with Crippen molar-refractivity contribution < 1.29 is 0 Å². The minimum absolute atomic E-state index is 0.832. The van der Waals surface area contributed by atoms with Crippen molar-refractivity contribution in [2.75, 3.05) is 18.1 Å². The average molecular weight is 240 g/mol. The van der Waals surface area contributed by atoms with Crippen LogP contribution in [0.4, 0.5) is 11.4 Å². The molecule has 2 nitrogen and oxygen atoms in total. The molecule has 2 aromatic rings. The topological polar surface area (TPSA) is 38.0 Å². The number of nitrogens with two attached hydrogens (primary N) is 1. The van der Waals surface area contributed by atoms with Crippen molar-refractivity contribution in [1.82, 2.24) is 0 Å². The van der Waals surface area contributed by atoms with Gasteiger partial charge in [0, 0.05) is 18.4 Å². The Balaban J connectivity index is 2.28. The molecule has 0 bridgehead atoms. The van der Waals surface area contributed by atoms with E-state index < -0.39 is 0 Å². The normalized spacial score (nSPS) is 10.4. The summed E-state index contributed by atoms with van der Waals surface area (Å²) in [5.41, 5.74) is 13.0. The summed E-state index contributed by atoms with van der Waals surface area (Å²) in [5.74, 6) is 0. The number of nitrogens with one attached hydrogen (secondary N) is 1. The number of aryl methyl sites for hydroxylation is 2. The number of hydrogen-bond acceptors (Lipinski definition) is 2. The van der Waals surface area contributed by atoms with E-state index in [4.69, 9.17) is 5.73 Å². The Morgan fingerprint density at radius 3 is 2.11 bits per heavy atom. The molecular formula is C16H20N2. The van der Waals surface area contributed by atoms with Crippen LogP contribution in [-0.2, 0) is 6.42 Å². The molecule has 18 heavy (non-hydrogen) atoms. The third-order valence-electron chi connectivity index (χ3n) is 3.38. The van der Waals surface area contributed by atoms with Crippen molar-refractivity contribution in [3.05, 3.63) is 58.7 Å². The minimum atomic E-state index is 0.832. The van der Waals surface area contributed by atoms with Crippen LogP contribution in [0, 0.1) is 13.8 Å². The molecule has 0 unspecified atom stereocenters. The molecule has 0 aromatic heterocycles. The Morgan fingerprint density at radius 2 is 1.56 bits per heavy atom. The van der Waals surface area contributed by atoms with Gasteiger partial charge in [0.05, 0.1) is 0 Å². The SMILES string of the molecule is CNc1ccc(Cc2ccc(N)cc2C)c(C)c1. The molecule has 0 saturated carbocycles. The summed E-state index contributed by atoms with van der Waals surface area (Å²) in [5, 5.41) is 3.16. The lowest BCUT2D eigenvalue weighted by Crippen LogP contribution is -1.97. The molecule has 0 fully saturated rings. The van der Waals surface area contributed by atoms with Crippen LogP contribution in [0.2, 0.25) is 0 Å². The molecule has 2 rings (SSSR count). The number of anilines is 2. The maximum Gasteiger partial charge on any atom is 0.0340 e. The second-order valence-corrected chi connectivity index (χ2v) is 4.75. The maximum atomic E-state index is 5.78. The van der Waals surface area contributed by atoms with Gasteiger partial charge in [-0.15, -0.1) is 0 Å². The van der Waals surface area contributed by atoms with Crippen molar-refractivity contribution in [2.45, 2.75) is 20.3 Å². The van der Waals surface area contributed by atoms with E-state index in [0.29, 0.717) is 0 Å². The highest BCUT2D eigenvalue weighted by molar-refractivity contribution is 5.50. The third kappa shape index (κ3) is 2.65. The van der Waals surface area contributed by atoms with Gasteiger partial charge in [-0.2, -0.15) is 0 Å². The molecule has 94 valence electrons. The molecule has 0 heterocycles. The molecule has 0 amide bonds. The van der Waals surface area contributed by atoms with Gasteiger partial charge in [-0.25, -0.2) is 0 Å². The lowest BCUT2D eigenvalue weighted by atomic mass is 9.97. The second kappa shape index (κ2) is 5.13. The van der Waals surface area contributed by atoms with Crippen LogP contribution in [0.15, 0.2) is 36.4 Å². The summed E-state index contributed by atoms with van der Waals surface area (Å²) in [7, 11) is 1.94. The molecule has 0 aliphatic carbocycles. The smallest absolute Gasteiger partial charge is 0.0340 e. The summed E-state index contributed by atoms with van der Waals surface area (Å²) < 4.78 is 0. The summed E-state index contributed by atoms with van der Waals surface area (Å²) in [4.78, 5) is 0. The average Bonchev–Trinajstić information content (AvgIpc) is 2.34. The predicted octanol–water partition coefficient (Wildman–Crippen LogP) is 3.52. The van der Waals surface area contributed by atoms with E-state index in [1.165, 1.54) is 22.3 Å². The van der Waals surface area contributed by atoms with Gasteiger partial charge in [-0.3, -0.25) is 0 Å². The molecule has 3 N–H and O–H groups in total. The summed E-state index contributed by atoms with van der Waals surface area (Å²) >= 11 is 0. The van der Waals surface area contributed by atoms with E-state index in [0.717, 1.165) is 17.8 Å². The van der Waals surface area contributed by atoms with Gasteiger partial charge in [0.1, 0.15) is 0 Å². The van der Waals surface area contributed by atoms with E-state index in [-0.39, 0.29) is 0 Å². The molecule has 2 heteroatoms. The summed E-state index contributed by atoms with van der Waals surface area (Å²) in [6.07, 6.45) is 0.960. The Kier molecular flexibility index (Phi) is 3.56. The van der Waals surface area contributed by atoms with Crippen LogP contribution in [0.25, 0.3) is 0 Å². The van der Waals surface area contributed by atoms with Crippen molar-refractivity contribution >= 4 is 11.4 Å². The van der Waals surface area contributed by atoms with Crippen molar-refractivity contribution in [1.29, 1.82) is 0 Å². The van der Waals surface area contributed by atoms with Gasteiger partial charge < -0.3 is 11.1 Å². The maximum absolute atomic E-state index is 5.78. The van der Waals surface area contributed by atoms with Crippen LogP contribution in [0.1, 0.15) is 22.3 Å². The Bertz CT molecular complexity index is 559. The van der Waals surface area contributed by atoms with E-state index in [1.54, 1.807) is 0 Å². The quantitative estimate of drug-likeness (QED) is 0.806. The molecule has 0 atom stereocenters. The largest absolute Gasteiger partial charge is 0.399 e. The van der Waals surface area contributed by atoms with Gasteiger partial charge in [0.15, 0.2) is 0 Å². The summed E-state index contributed by atoms with van der Waals surface area (Å²) in [6.45, 7) is 4.27. The summed E-state index contributed by atoms with van der Waals surface area (Å²) in [6, 6.07) is 12.6. The zero-order valence-electron chi connectivity index (χ0n) is 11.2. The van der Waals surface area contributed by atoms with Crippen LogP contribution >= 0.6 is 0 Å². The Labute approximate surface area is 109 Å². The van der Waals surface area contributed by atoms with Crippen LogP contribution in [0.3, 0.4) is 0 Å². The highest BCUT2D eigenvalue weighted by Gasteiger charge is 2.04. The number of hydrogen-bond donors (Lipinski definition) is 2. The standard InChI is InChI=1S/C16H20N2/c1-11-8-15(17)6-4-13(11)10-14-5-7-16(18-3)9-12(14)2/h4-9,18H,10,17H2,1-3H3. The molecular weight excluding hydrogens is 220 g/mol. The first-order valence-electron chi connectivity index (χ1n) is 6.22. The molecule has 2 aromatic carbocycles. The lowest BCUT2D eigenvalue weighted by Gasteiger charge is -2.11. The van der Waals surface area contributed by atoms with Gasteiger partial charge in [-0.05, 0) is 66.8 Å². The second-order valence-electron chi connectivity index (χ2n) is 4.75. The van der Waals surface area contributed by atoms with E-state index in [2.05, 4.69) is 43.4 Å². The van der Waals surface area contributed by atoms with Gasteiger partial charge >= 0.3 is 0 Å². The van der Waals surface area contributed by atoms with Crippen LogP contribution in [0.5, 0.6) is 0 Å². The highest BCUT2D eigenvalue weighted by atomic mass is 14.8. The van der Waals surface area contributed by atoms with Crippen LogP contribution in [-0.4, -0.2) is 7.05 Å². The lowest BCUT2D eigenvalue weighted by molar-refractivity contribution is 1.13. The van der Waals surface area contributed by atoms with E-state index >= 15 is 0 Å². The minimum Gasteiger partial charge on any atom is -0.399 e. The van der Waals surface area contributed by atoms with E-state index in [1.807, 2.05) is 19.2 Å². The highest BCUT2D eigenvalue weighted by Crippen LogP contribution is 2.21. The first kappa shape index (κ1) is 12.5. The fourth-order valence-electron chi connectivity index (χ4n) is 2.17. The van der Waals surface area contributed by atoms with Crippen molar-refractivity contribution in [2.24, 2.45) is 0 Å². The molecule has 0 saturated heterocycles. The fraction of sp³-hybridized carbons (Fsp3) is 0.250. The molecule has 0 aliphatic rings. The van der Waals surface area contributed by atoms with Gasteiger partial charge in [-0.1, -0.05) is 12.1 Å². The van der Waals surface area contributed by atoms with Gasteiger partial charge in [0.2, 0.25) is 0 Å². The first-order chi connectivity index (χ1) is 8.60. The number of nitrogen functional groups attached to an aromatic ring is 1. The van der Waals surface area contributed by atoms with Crippen LogP contribution < -0.4 is 11.1 Å². The van der Waals surface area contributed by atoms with E-state index in [9.17, 15) is 0 Å². The number of rotatable bonds is 3.